The summed E-state index contributed by atoms with van der Waals surface area (Å²) in [5.41, 5.74) is 0. The van der Waals surface area contributed by atoms with Gasteiger partial charge in [0.25, 0.3) is 0 Å². The summed E-state index contributed by atoms with van der Waals surface area (Å²) in [4.78, 5) is 3.95. The van der Waals surface area contributed by atoms with Gasteiger partial charge in [-0.2, -0.15) is 4.98 Å². The molecule has 0 radical (unpaired) electrons. The Balaban J connectivity index is 1.60. The van der Waals surface area contributed by atoms with Crippen molar-refractivity contribution in [2.24, 2.45) is 0 Å². The van der Waals surface area contributed by atoms with Crippen molar-refractivity contribution in [3.8, 4) is 0 Å². The third-order valence-electron chi connectivity index (χ3n) is 2.97. The van der Waals surface area contributed by atoms with Crippen LogP contribution >= 0.6 is 12.2 Å². The Bertz CT molecular complexity index is 335. The summed E-state index contributed by atoms with van der Waals surface area (Å²) in [7, 11) is 0. The first-order valence-electron chi connectivity index (χ1n) is 6.14. The highest BCUT2D eigenvalue weighted by Crippen LogP contribution is 2.17. The highest BCUT2D eigenvalue weighted by molar-refractivity contribution is 7.80. The summed E-state index contributed by atoms with van der Waals surface area (Å²) in [6.45, 7) is 0.723. The van der Waals surface area contributed by atoms with Crippen LogP contribution in [0.3, 0.4) is 0 Å². The van der Waals surface area contributed by atoms with Gasteiger partial charge in [-0.3, -0.25) is 0 Å². The van der Waals surface area contributed by atoms with Crippen LogP contribution in [0.1, 0.15) is 38.0 Å². The van der Waals surface area contributed by atoms with Crippen LogP contribution in [0.15, 0.2) is 10.9 Å². The average molecular weight is 254 g/mol. The fourth-order valence-corrected chi connectivity index (χ4v) is 2.34. The van der Waals surface area contributed by atoms with Gasteiger partial charge < -0.3 is 15.2 Å². The summed E-state index contributed by atoms with van der Waals surface area (Å²) in [5.74, 6) is 0.637. The second-order valence-electron chi connectivity index (χ2n) is 4.32. The predicted molar refractivity (Wildman–Crippen MR) is 68.6 cm³/mol. The maximum atomic E-state index is 5.24. The molecule has 1 aromatic heterocycles. The van der Waals surface area contributed by atoms with Crippen LogP contribution in [0.4, 0.5) is 0 Å². The molecule has 2 rings (SSSR count). The van der Waals surface area contributed by atoms with Crippen LogP contribution in [0.25, 0.3) is 0 Å². The van der Waals surface area contributed by atoms with Gasteiger partial charge in [-0.15, -0.1) is 0 Å². The van der Waals surface area contributed by atoms with Gasteiger partial charge in [0.15, 0.2) is 11.4 Å². The Morgan fingerprint density at radius 3 is 2.94 bits per heavy atom. The molecule has 5 nitrogen and oxygen atoms in total. The van der Waals surface area contributed by atoms with E-state index < -0.39 is 0 Å². The summed E-state index contributed by atoms with van der Waals surface area (Å²) >= 11 is 5.24. The second kappa shape index (κ2) is 6.54. The van der Waals surface area contributed by atoms with Crippen molar-refractivity contribution in [2.45, 2.75) is 44.6 Å². The van der Waals surface area contributed by atoms with E-state index in [1.807, 2.05) is 0 Å². The van der Waals surface area contributed by atoms with Crippen molar-refractivity contribution in [1.29, 1.82) is 0 Å². The molecular formula is C11H18N4OS. The Morgan fingerprint density at radius 2 is 2.24 bits per heavy atom. The lowest BCUT2D eigenvalue weighted by atomic mass is 9.96. The molecule has 94 valence electrons. The Hall–Kier alpha value is -1.17. The fourth-order valence-electron chi connectivity index (χ4n) is 2.07. The quantitative estimate of drug-likeness (QED) is 0.792. The monoisotopic (exact) mass is 254 g/mol. The molecule has 2 N–H and O–H groups in total. The first-order valence-corrected chi connectivity index (χ1v) is 6.55. The van der Waals surface area contributed by atoms with Gasteiger partial charge in [0.2, 0.25) is 5.89 Å². The summed E-state index contributed by atoms with van der Waals surface area (Å²) in [5, 5.41) is 10.8. The van der Waals surface area contributed by atoms with Gasteiger partial charge in [0, 0.05) is 19.0 Å². The fraction of sp³-hybridized carbons (Fsp3) is 0.727. The highest BCUT2D eigenvalue weighted by Gasteiger charge is 2.13. The van der Waals surface area contributed by atoms with Crippen LogP contribution < -0.4 is 10.6 Å². The van der Waals surface area contributed by atoms with Crippen molar-refractivity contribution >= 4 is 17.3 Å². The van der Waals surface area contributed by atoms with Gasteiger partial charge in [-0.1, -0.05) is 24.4 Å². The maximum Gasteiger partial charge on any atom is 0.228 e. The molecule has 1 heterocycles. The van der Waals surface area contributed by atoms with Crippen molar-refractivity contribution in [3.05, 3.63) is 12.2 Å². The van der Waals surface area contributed by atoms with Crippen LogP contribution in [0.2, 0.25) is 0 Å². The summed E-state index contributed by atoms with van der Waals surface area (Å²) < 4.78 is 4.90. The van der Waals surface area contributed by atoms with E-state index in [9.17, 15) is 0 Å². The zero-order chi connectivity index (χ0) is 11.9. The van der Waals surface area contributed by atoms with Crippen LogP contribution in [0.5, 0.6) is 0 Å². The molecule has 0 bridgehead atoms. The Morgan fingerprint density at radius 1 is 1.41 bits per heavy atom. The first-order chi connectivity index (χ1) is 8.34. The zero-order valence-corrected chi connectivity index (χ0v) is 10.6. The molecular weight excluding hydrogens is 236 g/mol. The average Bonchev–Trinajstić information content (AvgIpc) is 2.83. The van der Waals surface area contributed by atoms with Crippen molar-refractivity contribution < 1.29 is 4.52 Å². The van der Waals surface area contributed by atoms with Crippen molar-refractivity contribution in [3.63, 3.8) is 0 Å². The molecule has 0 spiro atoms. The molecule has 17 heavy (non-hydrogen) atoms. The van der Waals surface area contributed by atoms with Crippen LogP contribution in [0, 0.1) is 0 Å². The van der Waals surface area contributed by atoms with E-state index in [1.165, 1.54) is 38.4 Å². The summed E-state index contributed by atoms with van der Waals surface area (Å²) in [6.07, 6.45) is 8.54. The van der Waals surface area contributed by atoms with E-state index in [1.54, 1.807) is 0 Å². The molecule has 0 atom stereocenters. The molecule has 1 aromatic rings. The molecule has 0 amide bonds. The highest BCUT2D eigenvalue weighted by atomic mass is 32.1. The SMILES string of the molecule is S=C(NCCc1ncno1)NC1CCCCC1. The van der Waals surface area contributed by atoms with Gasteiger partial charge in [-0.25, -0.2) is 0 Å². The molecule has 0 aromatic carbocycles. The minimum Gasteiger partial charge on any atom is -0.362 e. The van der Waals surface area contributed by atoms with Crippen LogP contribution in [-0.2, 0) is 6.42 Å². The van der Waals surface area contributed by atoms with E-state index >= 15 is 0 Å². The van der Waals surface area contributed by atoms with Crippen LogP contribution in [-0.4, -0.2) is 27.8 Å². The first kappa shape index (κ1) is 12.3. The smallest absolute Gasteiger partial charge is 0.228 e. The number of thiocarbonyl (C=S) groups is 1. The number of hydrogen-bond donors (Lipinski definition) is 2. The lowest BCUT2D eigenvalue weighted by Gasteiger charge is -2.24. The van der Waals surface area contributed by atoms with Crippen molar-refractivity contribution in [2.75, 3.05) is 6.54 Å². The molecule has 0 saturated heterocycles. The standard InChI is InChI=1S/C11H18N4OS/c17-11(15-9-4-2-1-3-5-9)12-7-6-10-13-8-14-16-10/h8-9H,1-7H2,(H2,12,15,17). The largest absolute Gasteiger partial charge is 0.362 e. The topological polar surface area (TPSA) is 63.0 Å². The van der Waals surface area contributed by atoms with E-state index in [0.717, 1.165) is 11.7 Å². The Labute approximate surface area is 106 Å². The molecule has 0 aliphatic heterocycles. The molecule has 1 saturated carbocycles. The Kier molecular flexibility index (Phi) is 4.73. The molecule has 1 aliphatic rings. The van der Waals surface area contributed by atoms with Gasteiger partial charge in [-0.05, 0) is 25.1 Å². The minimum absolute atomic E-state index is 0.548. The molecule has 0 unspecified atom stereocenters. The van der Waals surface area contributed by atoms with Gasteiger partial charge >= 0.3 is 0 Å². The maximum absolute atomic E-state index is 5.24. The third-order valence-corrected chi connectivity index (χ3v) is 3.23. The predicted octanol–water partition coefficient (Wildman–Crippen LogP) is 1.41. The van der Waals surface area contributed by atoms with Gasteiger partial charge in [0.05, 0.1) is 0 Å². The lowest BCUT2D eigenvalue weighted by Crippen LogP contribution is -2.43. The van der Waals surface area contributed by atoms with Crippen molar-refractivity contribution in [1.82, 2.24) is 20.8 Å². The third kappa shape index (κ3) is 4.30. The molecule has 1 fully saturated rings. The minimum atomic E-state index is 0.548. The van der Waals surface area contributed by atoms with E-state index in [2.05, 4.69) is 20.8 Å². The van der Waals surface area contributed by atoms with E-state index in [-0.39, 0.29) is 0 Å². The molecule has 1 aliphatic carbocycles. The molecule has 6 heteroatoms. The van der Waals surface area contributed by atoms with E-state index in [0.29, 0.717) is 18.4 Å². The van der Waals surface area contributed by atoms with E-state index in [4.69, 9.17) is 16.7 Å². The number of nitrogens with one attached hydrogen (secondary N) is 2. The number of hydrogen-bond acceptors (Lipinski definition) is 4. The number of aromatic nitrogens is 2. The summed E-state index contributed by atoms with van der Waals surface area (Å²) in [6, 6.07) is 0.548. The zero-order valence-electron chi connectivity index (χ0n) is 9.82. The van der Waals surface area contributed by atoms with Gasteiger partial charge in [0.1, 0.15) is 0 Å². The second-order valence-corrected chi connectivity index (χ2v) is 4.73. The lowest BCUT2D eigenvalue weighted by molar-refractivity contribution is 0.377. The number of nitrogens with zero attached hydrogens (tertiary/aromatic N) is 2. The normalized spacial score (nSPS) is 16.7. The number of rotatable bonds is 4.